The Labute approximate surface area is 102 Å². The Morgan fingerprint density at radius 1 is 1.18 bits per heavy atom. The summed E-state index contributed by atoms with van der Waals surface area (Å²) in [5, 5.41) is 0. The second-order valence-corrected chi connectivity index (χ2v) is 5.14. The Kier molecular flexibility index (Phi) is 3.60. The molecule has 2 heteroatoms. The number of carbonyl (C=O) groups excluding carboxylic acids is 1. The summed E-state index contributed by atoms with van der Waals surface area (Å²) in [4.78, 5) is 11.1. The second kappa shape index (κ2) is 4.99. The van der Waals surface area contributed by atoms with Crippen LogP contribution in [0.15, 0.2) is 24.3 Å². The van der Waals surface area contributed by atoms with Gasteiger partial charge in [0.25, 0.3) is 0 Å². The lowest BCUT2D eigenvalue weighted by Gasteiger charge is -2.29. The molecule has 17 heavy (non-hydrogen) atoms. The third-order valence-electron chi connectivity index (χ3n) is 3.63. The molecule has 0 aliphatic heterocycles. The van der Waals surface area contributed by atoms with E-state index >= 15 is 0 Å². The average molecular weight is 234 g/mol. The van der Waals surface area contributed by atoms with E-state index in [1.165, 1.54) is 0 Å². The number of alkyl halides is 1. The third kappa shape index (κ3) is 3.15. The highest BCUT2D eigenvalue weighted by molar-refractivity contribution is 5.93. The van der Waals surface area contributed by atoms with Crippen LogP contribution >= 0.6 is 0 Å². The highest BCUT2D eigenvalue weighted by Crippen LogP contribution is 2.34. The van der Waals surface area contributed by atoms with E-state index in [0.717, 1.165) is 24.8 Å². The van der Waals surface area contributed by atoms with Gasteiger partial charge in [-0.25, -0.2) is 4.39 Å². The Bertz CT molecular complexity index is 388. The first-order valence-electron chi connectivity index (χ1n) is 6.38. The maximum absolute atomic E-state index is 14.5. The standard InChI is InChI=1S/C15H19FO/c1-12(17)14-7-5-13(6-8-14)11-15(16)9-3-2-4-10-15/h5-8H,2-4,9-11H2,1H3. The number of Topliss-reactive ketones (excluding diaryl/α,β-unsaturated/α-hetero) is 1. The molecule has 1 fully saturated rings. The molecule has 0 saturated heterocycles. The summed E-state index contributed by atoms with van der Waals surface area (Å²) in [5.41, 5.74) is 0.681. The van der Waals surface area contributed by atoms with Gasteiger partial charge in [-0.15, -0.1) is 0 Å². The first-order valence-corrected chi connectivity index (χ1v) is 6.38. The zero-order chi connectivity index (χ0) is 12.3. The molecule has 1 aliphatic rings. The van der Waals surface area contributed by atoms with Crippen molar-refractivity contribution in [3.63, 3.8) is 0 Å². The molecule has 0 heterocycles. The molecule has 0 aromatic heterocycles. The maximum Gasteiger partial charge on any atom is 0.159 e. The number of carbonyl (C=O) groups is 1. The van der Waals surface area contributed by atoms with E-state index < -0.39 is 5.67 Å². The van der Waals surface area contributed by atoms with E-state index in [2.05, 4.69) is 0 Å². The van der Waals surface area contributed by atoms with Crippen molar-refractivity contribution in [1.82, 2.24) is 0 Å². The predicted octanol–water partition coefficient (Wildman–Crippen LogP) is 4.10. The normalized spacial score (nSPS) is 18.9. The van der Waals surface area contributed by atoms with Crippen LogP contribution in [0.4, 0.5) is 4.39 Å². The molecule has 0 N–H and O–H groups in total. The molecule has 0 radical (unpaired) electrons. The summed E-state index contributed by atoms with van der Waals surface area (Å²) in [6.45, 7) is 1.55. The smallest absolute Gasteiger partial charge is 0.159 e. The van der Waals surface area contributed by atoms with Crippen LogP contribution in [0.1, 0.15) is 54.9 Å². The van der Waals surface area contributed by atoms with E-state index in [1.54, 1.807) is 19.1 Å². The van der Waals surface area contributed by atoms with E-state index in [0.29, 0.717) is 24.8 Å². The molecule has 1 nitrogen and oxygen atoms in total. The van der Waals surface area contributed by atoms with E-state index in [4.69, 9.17) is 0 Å². The minimum absolute atomic E-state index is 0.0594. The number of halogens is 1. The lowest BCUT2D eigenvalue weighted by atomic mass is 9.82. The first kappa shape index (κ1) is 12.3. The summed E-state index contributed by atoms with van der Waals surface area (Å²) in [6.07, 6.45) is 5.02. The molecule has 2 rings (SSSR count). The van der Waals surface area contributed by atoms with Crippen molar-refractivity contribution in [1.29, 1.82) is 0 Å². The third-order valence-corrected chi connectivity index (χ3v) is 3.63. The minimum Gasteiger partial charge on any atom is -0.295 e. The molecule has 1 aromatic rings. The van der Waals surface area contributed by atoms with Crippen LogP contribution in [0.5, 0.6) is 0 Å². The van der Waals surface area contributed by atoms with Crippen LogP contribution in [-0.4, -0.2) is 11.5 Å². The van der Waals surface area contributed by atoms with Gasteiger partial charge >= 0.3 is 0 Å². The molecule has 0 spiro atoms. The lowest BCUT2D eigenvalue weighted by Crippen LogP contribution is -2.28. The molecule has 0 amide bonds. The van der Waals surface area contributed by atoms with Crippen molar-refractivity contribution in [3.8, 4) is 0 Å². The van der Waals surface area contributed by atoms with E-state index in [9.17, 15) is 9.18 Å². The van der Waals surface area contributed by atoms with Crippen molar-refractivity contribution >= 4 is 5.78 Å². The SMILES string of the molecule is CC(=O)c1ccc(CC2(F)CCCCC2)cc1. The zero-order valence-corrected chi connectivity index (χ0v) is 10.3. The monoisotopic (exact) mass is 234 g/mol. The Morgan fingerprint density at radius 3 is 2.29 bits per heavy atom. The van der Waals surface area contributed by atoms with Gasteiger partial charge in [0.15, 0.2) is 5.78 Å². The molecule has 1 saturated carbocycles. The number of hydrogen-bond acceptors (Lipinski definition) is 1. The van der Waals surface area contributed by atoms with Gasteiger partial charge in [0.2, 0.25) is 0 Å². The van der Waals surface area contributed by atoms with Crippen LogP contribution in [-0.2, 0) is 6.42 Å². The van der Waals surface area contributed by atoms with Gasteiger partial charge in [-0.3, -0.25) is 4.79 Å². The Morgan fingerprint density at radius 2 is 1.76 bits per heavy atom. The zero-order valence-electron chi connectivity index (χ0n) is 10.3. The number of ketones is 1. The van der Waals surface area contributed by atoms with Crippen LogP contribution in [0, 0.1) is 0 Å². The van der Waals surface area contributed by atoms with Gasteiger partial charge in [-0.05, 0) is 25.3 Å². The topological polar surface area (TPSA) is 17.1 Å². The van der Waals surface area contributed by atoms with Crippen molar-refractivity contribution in [3.05, 3.63) is 35.4 Å². The molecule has 0 unspecified atom stereocenters. The van der Waals surface area contributed by atoms with Crippen molar-refractivity contribution in [2.45, 2.75) is 51.1 Å². The van der Waals surface area contributed by atoms with E-state index in [1.807, 2.05) is 12.1 Å². The predicted molar refractivity (Wildman–Crippen MR) is 67.1 cm³/mol. The highest BCUT2D eigenvalue weighted by Gasteiger charge is 2.31. The fourth-order valence-electron chi connectivity index (χ4n) is 2.59. The minimum atomic E-state index is -1.02. The molecular weight excluding hydrogens is 215 g/mol. The molecule has 1 aliphatic carbocycles. The maximum atomic E-state index is 14.5. The molecule has 92 valence electrons. The number of rotatable bonds is 3. The van der Waals surface area contributed by atoms with Crippen LogP contribution in [0.25, 0.3) is 0 Å². The van der Waals surface area contributed by atoms with Crippen molar-refractivity contribution in [2.75, 3.05) is 0 Å². The van der Waals surface area contributed by atoms with Gasteiger partial charge in [-0.1, -0.05) is 43.5 Å². The van der Waals surface area contributed by atoms with Gasteiger partial charge in [-0.2, -0.15) is 0 Å². The number of benzene rings is 1. The molecule has 1 aromatic carbocycles. The molecule has 0 bridgehead atoms. The van der Waals surface area contributed by atoms with Crippen LogP contribution in [0.3, 0.4) is 0 Å². The molecule has 0 atom stereocenters. The average Bonchev–Trinajstić information content (AvgIpc) is 2.30. The lowest BCUT2D eigenvalue weighted by molar-refractivity contribution is 0.101. The fourth-order valence-corrected chi connectivity index (χ4v) is 2.59. The largest absolute Gasteiger partial charge is 0.295 e. The van der Waals surface area contributed by atoms with Gasteiger partial charge in [0, 0.05) is 12.0 Å². The van der Waals surface area contributed by atoms with E-state index in [-0.39, 0.29) is 5.78 Å². The van der Waals surface area contributed by atoms with Crippen molar-refractivity contribution < 1.29 is 9.18 Å². The Hall–Kier alpha value is -1.18. The Balaban J connectivity index is 2.05. The quantitative estimate of drug-likeness (QED) is 0.719. The highest BCUT2D eigenvalue weighted by atomic mass is 19.1. The fraction of sp³-hybridized carbons (Fsp3) is 0.533. The summed E-state index contributed by atoms with van der Waals surface area (Å²) in [5.74, 6) is 0.0594. The van der Waals surface area contributed by atoms with Gasteiger partial charge in [0.05, 0.1) is 0 Å². The molecular formula is C15H19FO. The van der Waals surface area contributed by atoms with Gasteiger partial charge < -0.3 is 0 Å². The second-order valence-electron chi connectivity index (χ2n) is 5.14. The summed E-state index contributed by atoms with van der Waals surface area (Å²) in [6, 6.07) is 7.35. The number of hydrogen-bond donors (Lipinski definition) is 0. The summed E-state index contributed by atoms with van der Waals surface area (Å²) < 4.78 is 14.5. The summed E-state index contributed by atoms with van der Waals surface area (Å²) in [7, 11) is 0. The van der Waals surface area contributed by atoms with Gasteiger partial charge in [0.1, 0.15) is 5.67 Å². The van der Waals surface area contributed by atoms with Crippen LogP contribution in [0.2, 0.25) is 0 Å². The summed E-state index contributed by atoms with van der Waals surface area (Å²) >= 11 is 0. The van der Waals surface area contributed by atoms with Crippen molar-refractivity contribution in [2.24, 2.45) is 0 Å². The first-order chi connectivity index (χ1) is 8.09. The van der Waals surface area contributed by atoms with Crippen LogP contribution < -0.4 is 0 Å².